The van der Waals surface area contributed by atoms with E-state index < -0.39 is 17.6 Å². The van der Waals surface area contributed by atoms with E-state index in [1.165, 1.54) is 12.1 Å². The molecule has 2 amide bonds. The summed E-state index contributed by atoms with van der Waals surface area (Å²) in [7, 11) is 3.26. The van der Waals surface area contributed by atoms with Crippen LogP contribution in [0.3, 0.4) is 0 Å². The van der Waals surface area contributed by atoms with Crippen LogP contribution in [0.25, 0.3) is 0 Å². The number of alkyl halides is 3. The number of hydrogen-bond donors (Lipinski definition) is 2. The summed E-state index contributed by atoms with van der Waals surface area (Å²) in [5.41, 5.74) is 0.793. The third kappa shape index (κ3) is 7.01. The Balaban J connectivity index is 1.91. The summed E-state index contributed by atoms with van der Waals surface area (Å²) < 4.78 is 39.9. The molecule has 2 aromatic rings. The lowest BCUT2D eigenvalue weighted by molar-refractivity contribution is -0.137. The third-order valence-corrected chi connectivity index (χ3v) is 4.80. The molecule has 0 aliphatic rings. The number of halogens is 3. The summed E-state index contributed by atoms with van der Waals surface area (Å²) in [6.07, 6.45) is -4.60. The second-order valence-corrected chi connectivity index (χ2v) is 7.57. The van der Waals surface area contributed by atoms with Crippen LogP contribution >= 0.6 is 11.8 Å². The van der Waals surface area contributed by atoms with Crippen molar-refractivity contribution in [2.45, 2.75) is 13.1 Å². The van der Waals surface area contributed by atoms with Gasteiger partial charge in [0.1, 0.15) is 0 Å². The van der Waals surface area contributed by atoms with E-state index in [1.54, 1.807) is 25.1 Å². The molecule has 5 nitrogen and oxygen atoms in total. The Morgan fingerprint density at radius 3 is 2.24 bits per heavy atom. The van der Waals surface area contributed by atoms with Crippen molar-refractivity contribution in [2.24, 2.45) is 0 Å². The minimum absolute atomic E-state index is 0.00700. The maximum atomic E-state index is 13.3. The van der Waals surface area contributed by atoms with E-state index in [2.05, 4.69) is 10.6 Å². The van der Waals surface area contributed by atoms with Crippen LogP contribution in [0.2, 0.25) is 0 Å². The highest BCUT2D eigenvalue weighted by atomic mass is 32.2. The van der Waals surface area contributed by atoms with Crippen molar-refractivity contribution in [3.63, 3.8) is 0 Å². The first-order valence-corrected chi connectivity index (χ1v) is 9.84. The van der Waals surface area contributed by atoms with Gasteiger partial charge in [-0.05, 0) is 42.8 Å². The van der Waals surface area contributed by atoms with Crippen molar-refractivity contribution in [3.05, 3.63) is 53.6 Å². The predicted octanol–water partition coefficient (Wildman–Crippen LogP) is 4.39. The molecule has 0 bridgehead atoms. The second kappa shape index (κ2) is 9.69. The van der Waals surface area contributed by atoms with Gasteiger partial charge in [-0.2, -0.15) is 13.2 Å². The highest BCUT2D eigenvalue weighted by Gasteiger charge is 2.34. The Bertz CT molecular complexity index is 886. The largest absolute Gasteiger partial charge is 0.418 e. The van der Waals surface area contributed by atoms with E-state index in [9.17, 15) is 22.8 Å². The predicted molar refractivity (Wildman–Crippen MR) is 112 cm³/mol. The summed E-state index contributed by atoms with van der Waals surface area (Å²) in [5, 5.41) is 4.99. The number of rotatable bonds is 7. The lowest BCUT2D eigenvalue weighted by Gasteiger charge is -2.18. The van der Waals surface area contributed by atoms with Crippen LogP contribution in [0.15, 0.2) is 42.5 Å². The number of amides is 2. The van der Waals surface area contributed by atoms with E-state index >= 15 is 0 Å². The molecular formula is C20H22F3N3O2S. The minimum Gasteiger partial charge on any atom is -0.378 e. The first kappa shape index (κ1) is 22.6. The molecule has 0 spiro atoms. The van der Waals surface area contributed by atoms with Crippen LogP contribution in [0, 0.1) is 6.92 Å². The van der Waals surface area contributed by atoms with E-state index in [0.717, 1.165) is 23.4 Å². The lowest BCUT2D eigenvalue weighted by Crippen LogP contribution is -2.21. The van der Waals surface area contributed by atoms with Gasteiger partial charge in [0.15, 0.2) is 0 Å². The van der Waals surface area contributed by atoms with Gasteiger partial charge in [-0.15, -0.1) is 11.8 Å². The number of benzene rings is 2. The Labute approximate surface area is 171 Å². The fourth-order valence-corrected chi connectivity index (χ4v) is 3.11. The molecule has 156 valence electrons. The summed E-state index contributed by atoms with van der Waals surface area (Å²) in [6.45, 7) is 1.90. The number of hydrogen-bond acceptors (Lipinski definition) is 4. The molecule has 0 radical (unpaired) electrons. The van der Waals surface area contributed by atoms with Crippen molar-refractivity contribution >= 4 is 40.6 Å². The number of nitrogens with zero attached hydrogens (tertiary/aromatic N) is 1. The van der Waals surface area contributed by atoms with E-state index in [4.69, 9.17) is 0 Å². The number of thioether (sulfide) groups is 1. The minimum atomic E-state index is -4.60. The van der Waals surface area contributed by atoms with Crippen molar-refractivity contribution < 1.29 is 22.8 Å². The van der Waals surface area contributed by atoms with Crippen LogP contribution in [0.1, 0.15) is 11.1 Å². The lowest BCUT2D eigenvalue weighted by atomic mass is 10.1. The van der Waals surface area contributed by atoms with Gasteiger partial charge in [0, 0.05) is 25.5 Å². The van der Waals surface area contributed by atoms with Crippen molar-refractivity contribution in [3.8, 4) is 0 Å². The average Bonchev–Trinajstić information content (AvgIpc) is 2.60. The van der Waals surface area contributed by atoms with Gasteiger partial charge in [0.25, 0.3) is 0 Å². The molecule has 29 heavy (non-hydrogen) atoms. The van der Waals surface area contributed by atoms with Crippen LogP contribution in [0.4, 0.5) is 30.2 Å². The second-order valence-electron chi connectivity index (χ2n) is 6.58. The number of carbonyl (C=O) groups is 2. The SMILES string of the molecule is Cc1cccc(NC(=O)CSCC(=O)Nc2ccc(N(C)C)cc2C(F)(F)F)c1. The number of nitrogens with one attached hydrogen (secondary N) is 2. The monoisotopic (exact) mass is 425 g/mol. The zero-order valence-electron chi connectivity index (χ0n) is 16.3. The first-order valence-electron chi connectivity index (χ1n) is 8.69. The van der Waals surface area contributed by atoms with Gasteiger partial charge in [-0.1, -0.05) is 12.1 Å². The molecule has 2 N–H and O–H groups in total. The van der Waals surface area contributed by atoms with Crippen LogP contribution in [-0.2, 0) is 15.8 Å². The maximum Gasteiger partial charge on any atom is 0.418 e. The molecule has 0 aliphatic carbocycles. The third-order valence-electron chi connectivity index (χ3n) is 3.87. The van der Waals surface area contributed by atoms with E-state index in [-0.39, 0.29) is 23.1 Å². The maximum absolute atomic E-state index is 13.3. The summed E-state index contributed by atoms with van der Waals surface area (Å²) in [5.74, 6) is -1.04. The molecule has 0 atom stereocenters. The summed E-state index contributed by atoms with van der Waals surface area (Å²) in [6, 6.07) is 11.0. The van der Waals surface area contributed by atoms with Crippen LogP contribution in [-0.4, -0.2) is 37.4 Å². The Kier molecular flexibility index (Phi) is 7.55. The fourth-order valence-electron chi connectivity index (χ4n) is 2.50. The Hall–Kier alpha value is -2.68. The standard InChI is InChI=1S/C20H22F3N3O2S/c1-13-5-4-6-14(9-13)24-18(27)11-29-12-19(28)25-17-8-7-15(26(2)3)10-16(17)20(21,22)23/h4-10H,11-12H2,1-3H3,(H,24,27)(H,25,28). The zero-order valence-corrected chi connectivity index (χ0v) is 17.1. The Morgan fingerprint density at radius 1 is 1.00 bits per heavy atom. The molecule has 0 fully saturated rings. The van der Waals surface area contributed by atoms with Crippen molar-refractivity contribution in [2.75, 3.05) is 41.1 Å². The van der Waals surface area contributed by atoms with E-state index in [0.29, 0.717) is 11.4 Å². The number of anilines is 3. The van der Waals surface area contributed by atoms with Gasteiger partial charge in [-0.3, -0.25) is 9.59 Å². The highest BCUT2D eigenvalue weighted by Crippen LogP contribution is 2.37. The normalized spacial score (nSPS) is 11.1. The van der Waals surface area contributed by atoms with Gasteiger partial charge in [-0.25, -0.2) is 0 Å². The van der Waals surface area contributed by atoms with Gasteiger partial charge >= 0.3 is 6.18 Å². The molecule has 9 heteroatoms. The summed E-state index contributed by atoms with van der Waals surface area (Å²) in [4.78, 5) is 25.5. The molecule has 2 rings (SSSR count). The van der Waals surface area contributed by atoms with Gasteiger partial charge in [0.05, 0.1) is 22.8 Å². The quantitative estimate of drug-likeness (QED) is 0.691. The smallest absolute Gasteiger partial charge is 0.378 e. The number of carbonyl (C=O) groups excluding carboxylic acids is 2. The van der Waals surface area contributed by atoms with Gasteiger partial charge < -0.3 is 15.5 Å². The van der Waals surface area contributed by atoms with Crippen molar-refractivity contribution in [1.29, 1.82) is 0 Å². The first-order chi connectivity index (χ1) is 13.6. The average molecular weight is 425 g/mol. The molecule has 0 saturated heterocycles. The molecule has 0 aliphatic heterocycles. The molecule has 0 aromatic heterocycles. The molecule has 2 aromatic carbocycles. The van der Waals surface area contributed by atoms with Crippen LogP contribution < -0.4 is 15.5 Å². The van der Waals surface area contributed by atoms with Crippen molar-refractivity contribution in [1.82, 2.24) is 0 Å². The fraction of sp³-hybridized carbons (Fsp3) is 0.300. The molecule has 0 unspecified atom stereocenters. The summed E-state index contributed by atoms with van der Waals surface area (Å²) >= 11 is 1.02. The topological polar surface area (TPSA) is 61.4 Å². The molecular weight excluding hydrogens is 403 g/mol. The zero-order chi connectivity index (χ0) is 21.6. The van der Waals surface area contributed by atoms with Crippen LogP contribution in [0.5, 0.6) is 0 Å². The molecule has 0 saturated carbocycles. The van der Waals surface area contributed by atoms with Gasteiger partial charge in [0.2, 0.25) is 11.8 Å². The molecule has 0 heterocycles. The Morgan fingerprint density at radius 2 is 1.66 bits per heavy atom. The number of aryl methyl sites for hydroxylation is 1. The highest BCUT2D eigenvalue weighted by molar-refractivity contribution is 8.00. The van der Waals surface area contributed by atoms with E-state index in [1.807, 2.05) is 25.1 Å².